The fourth-order valence-electron chi connectivity index (χ4n) is 3.39. The van der Waals surface area contributed by atoms with Crippen molar-refractivity contribution >= 4 is 35.0 Å². The van der Waals surface area contributed by atoms with Gasteiger partial charge in [-0.3, -0.25) is 9.36 Å². The number of thioether (sulfide) groups is 1. The highest BCUT2D eigenvalue weighted by Gasteiger charge is 2.17. The second kappa shape index (κ2) is 11.3. The van der Waals surface area contributed by atoms with Crippen LogP contribution in [0.1, 0.15) is 21.7 Å². The third-order valence-corrected chi connectivity index (χ3v) is 6.08. The predicted molar refractivity (Wildman–Crippen MR) is 137 cm³/mol. The predicted octanol–water partition coefficient (Wildman–Crippen LogP) is 4.71. The molecule has 178 valence electrons. The second-order valence-corrected chi connectivity index (χ2v) is 8.61. The van der Waals surface area contributed by atoms with Crippen molar-refractivity contribution in [3.63, 3.8) is 0 Å². The number of nitrogens with zero attached hydrogens (tertiary/aromatic N) is 3. The molecule has 0 aliphatic heterocycles. The molecule has 0 aliphatic carbocycles. The average Bonchev–Trinajstić information content (AvgIpc) is 3.30. The molecular formula is C26H25N5O3S. The van der Waals surface area contributed by atoms with Gasteiger partial charge in [0.05, 0.1) is 30.7 Å². The minimum Gasteiger partial charge on any atom is -0.465 e. The van der Waals surface area contributed by atoms with E-state index in [0.717, 1.165) is 17.2 Å². The molecule has 0 aliphatic rings. The Bertz CT molecular complexity index is 1310. The van der Waals surface area contributed by atoms with Crippen LogP contribution in [0, 0.1) is 6.92 Å². The van der Waals surface area contributed by atoms with Crippen molar-refractivity contribution in [2.75, 3.05) is 23.5 Å². The van der Waals surface area contributed by atoms with Gasteiger partial charge >= 0.3 is 5.97 Å². The van der Waals surface area contributed by atoms with Gasteiger partial charge in [-0.25, -0.2) is 4.79 Å². The molecule has 0 saturated heterocycles. The standard InChI is InChI=1S/C26H25N5O3S/c1-18-12-14-19(15-13-18)27-16-23-29-30-26(31(23)20-8-4-3-5-9-20)35-17-24(32)28-22-11-7-6-10-21(22)25(33)34-2/h3-15,27H,16-17H2,1-2H3,(H,28,32). The number of methoxy groups -OCH3 is 1. The van der Waals surface area contributed by atoms with Crippen LogP contribution in [0.15, 0.2) is 84.0 Å². The van der Waals surface area contributed by atoms with Gasteiger partial charge in [-0.15, -0.1) is 10.2 Å². The van der Waals surface area contributed by atoms with Crippen LogP contribution < -0.4 is 10.6 Å². The van der Waals surface area contributed by atoms with Crippen LogP contribution in [0.25, 0.3) is 5.69 Å². The summed E-state index contributed by atoms with van der Waals surface area (Å²) >= 11 is 1.27. The molecule has 3 aromatic carbocycles. The largest absolute Gasteiger partial charge is 0.465 e. The summed E-state index contributed by atoms with van der Waals surface area (Å²) in [6.07, 6.45) is 0. The third-order valence-electron chi connectivity index (χ3n) is 5.16. The highest BCUT2D eigenvalue weighted by Crippen LogP contribution is 2.24. The summed E-state index contributed by atoms with van der Waals surface area (Å²) < 4.78 is 6.73. The quantitative estimate of drug-likeness (QED) is 0.261. The Morgan fingerprint density at radius 1 is 0.943 bits per heavy atom. The van der Waals surface area contributed by atoms with E-state index in [1.54, 1.807) is 24.3 Å². The molecule has 4 rings (SSSR count). The number of hydrogen-bond acceptors (Lipinski definition) is 7. The maximum Gasteiger partial charge on any atom is 0.339 e. The fourth-order valence-corrected chi connectivity index (χ4v) is 4.16. The normalized spacial score (nSPS) is 10.6. The van der Waals surface area contributed by atoms with Crippen molar-refractivity contribution in [1.82, 2.24) is 14.8 Å². The van der Waals surface area contributed by atoms with E-state index in [9.17, 15) is 9.59 Å². The molecule has 35 heavy (non-hydrogen) atoms. The number of amides is 1. The van der Waals surface area contributed by atoms with Crippen LogP contribution in [-0.4, -0.2) is 39.5 Å². The molecule has 0 bridgehead atoms. The van der Waals surface area contributed by atoms with Gasteiger partial charge in [-0.05, 0) is 43.3 Å². The number of para-hydroxylation sites is 2. The molecular weight excluding hydrogens is 462 g/mol. The molecule has 0 atom stereocenters. The van der Waals surface area contributed by atoms with Crippen molar-refractivity contribution in [2.45, 2.75) is 18.6 Å². The highest BCUT2D eigenvalue weighted by atomic mass is 32.2. The number of aryl methyl sites for hydroxylation is 1. The van der Waals surface area contributed by atoms with Gasteiger partial charge in [-0.1, -0.05) is 59.8 Å². The summed E-state index contributed by atoms with van der Waals surface area (Å²) in [6.45, 7) is 2.51. The lowest BCUT2D eigenvalue weighted by atomic mass is 10.2. The number of hydrogen-bond donors (Lipinski definition) is 2. The SMILES string of the molecule is COC(=O)c1ccccc1NC(=O)CSc1nnc(CNc2ccc(C)cc2)n1-c1ccccc1. The minimum atomic E-state index is -0.511. The number of carbonyl (C=O) groups is 2. The third kappa shape index (κ3) is 6.07. The van der Waals surface area contributed by atoms with E-state index < -0.39 is 5.97 Å². The van der Waals surface area contributed by atoms with E-state index in [4.69, 9.17) is 4.74 Å². The first-order valence-corrected chi connectivity index (χ1v) is 11.9. The van der Waals surface area contributed by atoms with Gasteiger partial charge in [0.2, 0.25) is 5.91 Å². The first-order chi connectivity index (χ1) is 17.0. The summed E-state index contributed by atoms with van der Waals surface area (Å²) in [5.74, 6) is 0.0263. The lowest BCUT2D eigenvalue weighted by Gasteiger charge is -2.12. The van der Waals surface area contributed by atoms with Crippen LogP contribution in [-0.2, 0) is 16.1 Å². The molecule has 0 spiro atoms. The first kappa shape index (κ1) is 24.0. The molecule has 0 radical (unpaired) electrons. The van der Waals surface area contributed by atoms with Gasteiger partial charge in [0.1, 0.15) is 0 Å². The minimum absolute atomic E-state index is 0.0892. The molecule has 1 amide bonds. The zero-order valence-electron chi connectivity index (χ0n) is 19.4. The van der Waals surface area contributed by atoms with Gasteiger partial charge in [-0.2, -0.15) is 0 Å². The first-order valence-electron chi connectivity index (χ1n) is 11.0. The van der Waals surface area contributed by atoms with Crippen LogP contribution >= 0.6 is 11.8 Å². The molecule has 0 fully saturated rings. The van der Waals surface area contributed by atoms with Gasteiger partial charge in [0.25, 0.3) is 0 Å². The topological polar surface area (TPSA) is 98.1 Å². The number of carbonyl (C=O) groups excluding carboxylic acids is 2. The van der Waals surface area contributed by atoms with E-state index in [-0.39, 0.29) is 11.7 Å². The number of anilines is 2. The van der Waals surface area contributed by atoms with Crippen molar-refractivity contribution < 1.29 is 14.3 Å². The summed E-state index contributed by atoms with van der Waals surface area (Å²) in [5.41, 5.74) is 3.77. The Kier molecular flexibility index (Phi) is 7.79. The summed E-state index contributed by atoms with van der Waals surface area (Å²) in [4.78, 5) is 24.7. The lowest BCUT2D eigenvalue weighted by Crippen LogP contribution is -2.17. The van der Waals surface area contributed by atoms with Crippen molar-refractivity contribution in [2.24, 2.45) is 0 Å². The molecule has 1 aromatic heterocycles. The Hall–Kier alpha value is -4.11. The van der Waals surface area contributed by atoms with Gasteiger partial charge in [0, 0.05) is 11.4 Å². The van der Waals surface area contributed by atoms with Crippen LogP contribution in [0.5, 0.6) is 0 Å². The van der Waals surface area contributed by atoms with E-state index in [0.29, 0.717) is 23.0 Å². The van der Waals surface area contributed by atoms with E-state index >= 15 is 0 Å². The zero-order chi connectivity index (χ0) is 24.6. The van der Waals surface area contributed by atoms with E-state index in [2.05, 4.69) is 20.8 Å². The maximum absolute atomic E-state index is 12.7. The number of ether oxygens (including phenoxy) is 1. The summed E-state index contributed by atoms with van der Waals surface area (Å²) in [7, 11) is 1.30. The molecule has 0 unspecified atom stereocenters. The van der Waals surface area contributed by atoms with Gasteiger partial charge < -0.3 is 15.4 Å². The Morgan fingerprint density at radius 2 is 1.66 bits per heavy atom. The summed E-state index contributed by atoms with van der Waals surface area (Å²) in [5, 5.41) is 15.5. The molecule has 0 saturated carbocycles. The Balaban J connectivity index is 1.49. The highest BCUT2D eigenvalue weighted by molar-refractivity contribution is 7.99. The van der Waals surface area contributed by atoms with Crippen molar-refractivity contribution in [1.29, 1.82) is 0 Å². The Labute approximate surface area is 207 Å². The molecule has 2 N–H and O–H groups in total. The van der Waals surface area contributed by atoms with Crippen molar-refractivity contribution in [3.05, 3.63) is 95.8 Å². The number of rotatable bonds is 9. The van der Waals surface area contributed by atoms with Crippen LogP contribution in [0.3, 0.4) is 0 Å². The monoisotopic (exact) mass is 487 g/mol. The zero-order valence-corrected chi connectivity index (χ0v) is 20.2. The lowest BCUT2D eigenvalue weighted by molar-refractivity contribution is -0.113. The van der Waals surface area contributed by atoms with Crippen LogP contribution in [0.2, 0.25) is 0 Å². The molecule has 8 nitrogen and oxygen atoms in total. The number of benzene rings is 3. The second-order valence-electron chi connectivity index (χ2n) is 7.66. The average molecular weight is 488 g/mol. The smallest absolute Gasteiger partial charge is 0.339 e. The number of nitrogens with one attached hydrogen (secondary N) is 2. The molecule has 1 heterocycles. The number of aromatic nitrogens is 3. The van der Waals surface area contributed by atoms with Crippen molar-refractivity contribution in [3.8, 4) is 5.69 Å². The molecule has 9 heteroatoms. The fraction of sp³-hybridized carbons (Fsp3) is 0.154. The maximum atomic E-state index is 12.7. The Morgan fingerprint density at radius 3 is 2.40 bits per heavy atom. The van der Waals surface area contributed by atoms with E-state index in [1.807, 2.05) is 66.1 Å². The summed E-state index contributed by atoms with van der Waals surface area (Å²) in [6, 6.07) is 24.6. The number of esters is 1. The van der Waals surface area contributed by atoms with E-state index in [1.165, 1.54) is 24.4 Å². The van der Waals surface area contributed by atoms with Crippen LogP contribution in [0.4, 0.5) is 11.4 Å². The van der Waals surface area contributed by atoms with Gasteiger partial charge in [0.15, 0.2) is 11.0 Å². The molecule has 4 aromatic rings.